The van der Waals surface area contributed by atoms with Crippen molar-refractivity contribution in [3.63, 3.8) is 0 Å². The first-order valence-corrected chi connectivity index (χ1v) is 10.3. The summed E-state index contributed by atoms with van der Waals surface area (Å²) in [5, 5.41) is 2.79. The van der Waals surface area contributed by atoms with E-state index in [1.165, 1.54) is 25.3 Å². The molecular weight excluding hydrogens is 420 g/mol. The first-order chi connectivity index (χ1) is 15.7. The Hall–Kier alpha value is -4.26. The van der Waals surface area contributed by atoms with Crippen LogP contribution in [0.5, 0.6) is 0 Å². The third-order valence-electron chi connectivity index (χ3n) is 5.65. The molecule has 0 radical (unpaired) electrons. The summed E-state index contributed by atoms with van der Waals surface area (Å²) >= 11 is 0. The second-order valence-electron chi connectivity index (χ2n) is 7.97. The number of rotatable bonds is 4. The second-order valence-corrected chi connectivity index (χ2v) is 7.97. The summed E-state index contributed by atoms with van der Waals surface area (Å²) in [5.41, 5.74) is 4.54. The van der Waals surface area contributed by atoms with Crippen LogP contribution in [-0.2, 0) is 4.74 Å². The highest BCUT2D eigenvalue weighted by molar-refractivity contribution is 6.35. The van der Waals surface area contributed by atoms with Gasteiger partial charge in [-0.3, -0.25) is 14.4 Å². The van der Waals surface area contributed by atoms with Crippen molar-refractivity contribution in [2.24, 2.45) is 0 Å². The van der Waals surface area contributed by atoms with Crippen LogP contribution in [0.15, 0.2) is 54.6 Å². The van der Waals surface area contributed by atoms with Crippen LogP contribution < -0.4 is 10.2 Å². The summed E-state index contributed by atoms with van der Waals surface area (Å²) < 4.78 is 4.71. The van der Waals surface area contributed by atoms with Crippen LogP contribution in [0.25, 0.3) is 0 Å². The number of aryl methyl sites for hydroxylation is 3. The number of amides is 3. The lowest BCUT2D eigenvalue weighted by atomic mass is 10.0. The van der Waals surface area contributed by atoms with E-state index in [2.05, 4.69) is 5.32 Å². The molecule has 0 saturated carbocycles. The number of anilines is 2. The molecule has 1 N–H and O–H groups in total. The van der Waals surface area contributed by atoms with Gasteiger partial charge in [-0.25, -0.2) is 9.69 Å². The minimum Gasteiger partial charge on any atom is -0.465 e. The summed E-state index contributed by atoms with van der Waals surface area (Å²) in [5.74, 6) is -1.77. The lowest BCUT2D eigenvalue weighted by molar-refractivity contribution is 0.0600. The number of hydrogen-bond donors (Lipinski definition) is 1. The molecule has 0 bridgehead atoms. The number of esters is 1. The molecule has 3 aromatic carbocycles. The first-order valence-electron chi connectivity index (χ1n) is 10.3. The second kappa shape index (κ2) is 8.35. The van der Waals surface area contributed by atoms with Gasteiger partial charge in [-0.05, 0) is 79.9 Å². The minimum absolute atomic E-state index is 0.186. The van der Waals surface area contributed by atoms with E-state index in [0.29, 0.717) is 22.5 Å². The van der Waals surface area contributed by atoms with Crippen molar-refractivity contribution in [2.75, 3.05) is 17.3 Å². The SMILES string of the molecule is COC(=O)c1ccc(NC(=O)c2ccc3c(c2)C(=O)N(c2cc(C)ccc2C)C3=O)c(C)c1. The largest absolute Gasteiger partial charge is 0.465 e. The summed E-state index contributed by atoms with van der Waals surface area (Å²) in [6, 6.07) is 14.8. The average Bonchev–Trinajstić information content (AvgIpc) is 3.05. The van der Waals surface area contributed by atoms with Gasteiger partial charge in [-0.1, -0.05) is 12.1 Å². The fourth-order valence-corrected chi connectivity index (χ4v) is 3.80. The predicted octanol–water partition coefficient (Wildman–Crippen LogP) is 4.45. The van der Waals surface area contributed by atoms with Crippen molar-refractivity contribution in [2.45, 2.75) is 20.8 Å². The lowest BCUT2D eigenvalue weighted by Crippen LogP contribution is -2.30. The molecule has 7 nitrogen and oxygen atoms in total. The maximum Gasteiger partial charge on any atom is 0.337 e. The standard InChI is InChI=1S/C26H22N2O5/c1-14-5-6-15(2)22(11-14)28-24(30)19-9-7-17(13-20(19)25(28)31)23(29)27-21-10-8-18(12-16(21)3)26(32)33-4/h5-13H,1-4H3,(H,27,29). The molecule has 0 atom stereocenters. The van der Waals surface area contributed by atoms with Gasteiger partial charge in [0.2, 0.25) is 0 Å². The van der Waals surface area contributed by atoms with Gasteiger partial charge in [-0.15, -0.1) is 0 Å². The maximum atomic E-state index is 13.1. The monoisotopic (exact) mass is 442 g/mol. The van der Waals surface area contributed by atoms with Crippen LogP contribution in [0.4, 0.5) is 11.4 Å². The van der Waals surface area contributed by atoms with E-state index < -0.39 is 23.7 Å². The molecule has 1 aliphatic rings. The summed E-state index contributed by atoms with van der Waals surface area (Å²) in [4.78, 5) is 51.8. The van der Waals surface area contributed by atoms with Gasteiger partial charge in [0.25, 0.3) is 17.7 Å². The molecule has 1 aliphatic heterocycles. The van der Waals surface area contributed by atoms with E-state index in [-0.39, 0.29) is 16.7 Å². The number of fused-ring (bicyclic) bond motifs is 1. The quantitative estimate of drug-likeness (QED) is 0.476. The number of benzene rings is 3. The summed E-state index contributed by atoms with van der Waals surface area (Å²) in [6.07, 6.45) is 0. The number of nitrogens with one attached hydrogen (secondary N) is 1. The Morgan fingerprint density at radius 2 is 1.48 bits per heavy atom. The third kappa shape index (κ3) is 3.89. The Labute approximate surface area is 191 Å². The van der Waals surface area contributed by atoms with Crippen LogP contribution in [0.1, 0.15) is 58.1 Å². The van der Waals surface area contributed by atoms with E-state index >= 15 is 0 Å². The molecule has 33 heavy (non-hydrogen) atoms. The molecule has 166 valence electrons. The molecule has 0 aliphatic carbocycles. The average molecular weight is 442 g/mol. The van der Waals surface area contributed by atoms with Gasteiger partial charge in [0.05, 0.1) is 29.5 Å². The highest BCUT2D eigenvalue weighted by Crippen LogP contribution is 2.32. The van der Waals surface area contributed by atoms with Gasteiger partial charge in [0.1, 0.15) is 0 Å². The fraction of sp³-hybridized carbons (Fsp3) is 0.154. The number of carbonyl (C=O) groups is 4. The highest BCUT2D eigenvalue weighted by Gasteiger charge is 2.37. The molecule has 0 fully saturated rings. The lowest BCUT2D eigenvalue weighted by Gasteiger charge is -2.17. The molecule has 7 heteroatoms. The van der Waals surface area contributed by atoms with Crippen molar-refractivity contribution in [1.82, 2.24) is 0 Å². The minimum atomic E-state index is -0.467. The Morgan fingerprint density at radius 3 is 2.18 bits per heavy atom. The van der Waals surface area contributed by atoms with Crippen LogP contribution in [0.3, 0.4) is 0 Å². The Balaban J connectivity index is 1.61. The van der Waals surface area contributed by atoms with Crippen molar-refractivity contribution >= 4 is 35.1 Å². The van der Waals surface area contributed by atoms with E-state index in [4.69, 9.17) is 4.74 Å². The zero-order chi connectivity index (χ0) is 23.9. The van der Waals surface area contributed by atoms with Gasteiger partial charge < -0.3 is 10.1 Å². The maximum absolute atomic E-state index is 13.1. The van der Waals surface area contributed by atoms with Crippen molar-refractivity contribution in [1.29, 1.82) is 0 Å². The van der Waals surface area contributed by atoms with Gasteiger partial charge in [0, 0.05) is 11.3 Å². The van der Waals surface area contributed by atoms with Crippen LogP contribution in [-0.4, -0.2) is 30.8 Å². The van der Waals surface area contributed by atoms with Gasteiger partial charge in [-0.2, -0.15) is 0 Å². The van der Waals surface area contributed by atoms with Crippen LogP contribution in [0.2, 0.25) is 0 Å². The summed E-state index contributed by atoms with van der Waals surface area (Å²) in [7, 11) is 1.30. The third-order valence-corrected chi connectivity index (χ3v) is 5.65. The molecule has 0 unspecified atom stereocenters. The Kier molecular flexibility index (Phi) is 5.55. The molecule has 0 aromatic heterocycles. The molecule has 0 saturated heterocycles. The molecular formula is C26H22N2O5. The van der Waals surface area contributed by atoms with Gasteiger partial charge in [0.15, 0.2) is 0 Å². The molecule has 3 aromatic rings. The fourth-order valence-electron chi connectivity index (χ4n) is 3.80. The zero-order valence-corrected chi connectivity index (χ0v) is 18.7. The smallest absolute Gasteiger partial charge is 0.337 e. The number of nitrogens with zero attached hydrogens (tertiary/aromatic N) is 1. The van der Waals surface area contributed by atoms with Crippen molar-refractivity contribution in [3.05, 3.63) is 93.5 Å². The van der Waals surface area contributed by atoms with E-state index in [1.54, 1.807) is 31.2 Å². The number of imide groups is 1. The van der Waals surface area contributed by atoms with Crippen molar-refractivity contribution < 1.29 is 23.9 Å². The number of hydrogen-bond acceptors (Lipinski definition) is 5. The highest BCUT2D eigenvalue weighted by atomic mass is 16.5. The Bertz CT molecular complexity index is 1340. The number of methoxy groups -OCH3 is 1. The molecule has 0 spiro atoms. The van der Waals surface area contributed by atoms with Gasteiger partial charge >= 0.3 is 5.97 Å². The topological polar surface area (TPSA) is 92.8 Å². The molecule has 1 heterocycles. The van der Waals surface area contributed by atoms with E-state index in [0.717, 1.165) is 16.0 Å². The normalized spacial score (nSPS) is 12.5. The summed E-state index contributed by atoms with van der Waals surface area (Å²) in [6.45, 7) is 5.49. The van der Waals surface area contributed by atoms with Crippen LogP contribution >= 0.6 is 0 Å². The Morgan fingerprint density at radius 1 is 0.788 bits per heavy atom. The predicted molar refractivity (Wildman–Crippen MR) is 124 cm³/mol. The van der Waals surface area contributed by atoms with E-state index in [9.17, 15) is 19.2 Å². The zero-order valence-electron chi connectivity index (χ0n) is 18.7. The molecule has 3 amide bonds. The van der Waals surface area contributed by atoms with E-state index in [1.807, 2.05) is 26.0 Å². The van der Waals surface area contributed by atoms with Crippen LogP contribution in [0, 0.1) is 20.8 Å². The first kappa shape index (κ1) is 22.0. The molecule has 4 rings (SSSR count). The number of ether oxygens (including phenoxy) is 1. The number of carbonyl (C=O) groups excluding carboxylic acids is 4. The van der Waals surface area contributed by atoms with Crippen molar-refractivity contribution in [3.8, 4) is 0 Å².